The number of tetrazole rings is 1. The molecule has 8 nitrogen and oxygen atoms in total. The maximum Gasteiger partial charge on any atom is 0.253 e. The van der Waals surface area contributed by atoms with E-state index < -0.39 is 0 Å². The molecule has 5 rings (SSSR count). The van der Waals surface area contributed by atoms with Crippen LogP contribution in [-0.4, -0.2) is 55.9 Å². The highest BCUT2D eigenvalue weighted by Gasteiger charge is 2.33. The van der Waals surface area contributed by atoms with Gasteiger partial charge in [0.05, 0.1) is 12.6 Å². The number of ether oxygens (including phenoxy) is 1. The second-order valence-electron chi connectivity index (χ2n) is 9.12. The van der Waals surface area contributed by atoms with Crippen molar-refractivity contribution in [2.24, 2.45) is 5.92 Å². The number of nitrogens with zero attached hydrogens (tertiary/aromatic N) is 5. The van der Waals surface area contributed by atoms with Crippen molar-refractivity contribution in [3.05, 3.63) is 51.6 Å². The Morgan fingerprint density at radius 3 is 2.84 bits per heavy atom. The third-order valence-electron chi connectivity index (χ3n) is 6.71. The van der Waals surface area contributed by atoms with Crippen LogP contribution in [0.2, 0.25) is 0 Å². The van der Waals surface area contributed by atoms with Gasteiger partial charge in [-0.3, -0.25) is 9.69 Å². The Morgan fingerprint density at radius 1 is 1.23 bits per heavy atom. The smallest absolute Gasteiger partial charge is 0.253 e. The molecule has 4 heterocycles. The molecule has 0 saturated carbocycles. The summed E-state index contributed by atoms with van der Waals surface area (Å²) in [6.45, 7) is 7.57. The van der Waals surface area contributed by atoms with Gasteiger partial charge in [-0.1, -0.05) is 19.1 Å². The van der Waals surface area contributed by atoms with Crippen molar-refractivity contribution in [1.82, 2.24) is 30.1 Å². The number of piperidine rings is 1. The van der Waals surface area contributed by atoms with E-state index in [0.717, 1.165) is 67.7 Å². The summed E-state index contributed by atoms with van der Waals surface area (Å²) in [5, 5.41) is 13.7. The fourth-order valence-electron chi connectivity index (χ4n) is 4.84. The summed E-state index contributed by atoms with van der Waals surface area (Å²) in [7, 11) is 0. The van der Waals surface area contributed by atoms with Crippen molar-refractivity contribution in [3.63, 3.8) is 0 Å². The molecule has 2 saturated heterocycles. The van der Waals surface area contributed by atoms with E-state index in [4.69, 9.17) is 4.74 Å². The molecule has 164 valence electrons. The maximum absolute atomic E-state index is 13.3. The van der Waals surface area contributed by atoms with Crippen LogP contribution in [0.25, 0.3) is 10.9 Å². The molecule has 2 aromatic heterocycles. The van der Waals surface area contributed by atoms with Gasteiger partial charge < -0.3 is 9.72 Å². The second-order valence-corrected chi connectivity index (χ2v) is 9.12. The van der Waals surface area contributed by atoms with Gasteiger partial charge in [0.1, 0.15) is 6.04 Å². The zero-order chi connectivity index (χ0) is 21.4. The Morgan fingerprint density at radius 2 is 2.06 bits per heavy atom. The number of hydrogen-bond acceptors (Lipinski definition) is 6. The highest BCUT2D eigenvalue weighted by atomic mass is 16.5. The molecule has 0 bridgehead atoms. The van der Waals surface area contributed by atoms with E-state index in [1.54, 1.807) is 0 Å². The lowest BCUT2D eigenvalue weighted by Crippen LogP contribution is -2.40. The van der Waals surface area contributed by atoms with E-state index >= 15 is 0 Å². The van der Waals surface area contributed by atoms with Crippen LogP contribution < -0.4 is 5.56 Å². The lowest BCUT2D eigenvalue weighted by atomic mass is 9.95. The molecule has 2 atom stereocenters. The molecule has 1 N–H and O–H groups in total. The lowest BCUT2D eigenvalue weighted by molar-refractivity contribution is 0.0894. The largest absolute Gasteiger partial charge is 0.376 e. The van der Waals surface area contributed by atoms with Gasteiger partial charge in [-0.25, -0.2) is 4.68 Å². The molecule has 0 spiro atoms. The molecule has 2 aliphatic rings. The third kappa shape index (κ3) is 4.14. The number of pyridine rings is 1. The topological polar surface area (TPSA) is 88.9 Å². The summed E-state index contributed by atoms with van der Waals surface area (Å²) in [6.07, 6.45) is 4.42. The van der Waals surface area contributed by atoms with Crippen LogP contribution in [0, 0.1) is 12.8 Å². The number of aryl methyl sites for hydroxylation is 1. The first-order chi connectivity index (χ1) is 15.1. The molecule has 3 aromatic rings. The van der Waals surface area contributed by atoms with Crippen LogP contribution in [0.1, 0.15) is 55.6 Å². The van der Waals surface area contributed by atoms with Crippen LogP contribution in [-0.2, 0) is 11.3 Å². The predicted octanol–water partition coefficient (Wildman–Crippen LogP) is 2.82. The monoisotopic (exact) mass is 422 g/mol. The average Bonchev–Trinajstić information content (AvgIpc) is 3.43. The van der Waals surface area contributed by atoms with Crippen LogP contribution in [0.5, 0.6) is 0 Å². The molecule has 2 fully saturated rings. The fraction of sp³-hybridized carbons (Fsp3) is 0.565. The Balaban J connectivity index is 1.58. The number of fused-ring (bicyclic) bond motifs is 1. The van der Waals surface area contributed by atoms with Crippen molar-refractivity contribution >= 4 is 10.9 Å². The number of rotatable bonds is 5. The van der Waals surface area contributed by atoms with Gasteiger partial charge in [0, 0.05) is 17.7 Å². The van der Waals surface area contributed by atoms with Crippen LogP contribution in [0.4, 0.5) is 0 Å². The Labute approximate surface area is 181 Å². The first-order valence-corrected chi connectivity index (χ1v) is 11.3. The van der Waals surface area contributed by atoms with E-state index in [9.17, 15) is 4.79 Å². The molecular weight excluding hydrogens is 392 g/mol. The number of hydrogen-bond donors (Lipinski definition) is 1. The number of H-pyrrole nitrogens is 1. The minimum atomic E-state index is -0.279. The molecule has 0 radical (unpaired) electrons. The minimum Gasteiger partial charge on any atom is -0.376 e. The Hall–Kier alpha value is -2.58. The van der Waals surface area contributed by atoms with Crippen molar-refractivity contribution in [2.75, 3.05) is 19.7 Å². The summed E-state index contributed by atoms with van der Waals surface area (Å²) in [5.74, 6) is 1.42. The lowest BCUT2D eigenvalue weighted by Gasteiger charge is -2.36. The highest BCUT2D eigenvalue weighted by molar-refractivity contribution is 5.79. The first-order valence-electron chi connectivity index (χ1n) is 11.3. The molecule has 31 heavy (non-hydrogen) atoms. The number of likely N-dealkylation sites (tertiary alicyclic amines) is 1. The summed E-state index contributed by atoms with van der Waals surface area (Å²) in [6, 6.07) is 7.89. The van der Waals surface area contributed by atoms with Gasteiger partial charge in [-0.05, 0) is 85.1 Å². The molecule has 1 aromatic carbocycles. The van der Waals surface area contributed by atoms with E-state index in [-0.39, 0.29) is 17.7 Å². The van der Waals surface area contributed by atoms with Gasteiger partial charge in [-0.2, -0.15) is 0 Å². The SMILES string of the molecule is Cc1ccc2cc([C@H](c3nnnn3C[C@@H]3CCCO3)N3CCC(C)CC3)c(=O)[nH]c2c1. The van der Waals surface area contributed by atoms with E-state index in [1.807, 2.05) is 23.7 Å². The summed E-state index contributed by atoms with van der Waals surface area (Å²) < 4.78 is 7.67. The Bertz CT molecular complexity index is 1110. The second kappa shape index (κ2) is 8.51. The van der Waals surface area contributed by atoms with E-state index in [0.29, 0.717) is 18.0 Å². The van der Waals surface area contributed by atoms with Crippen molar-refractivity contribution in [3.8, 4) is 0 Å². The number of aromatic amines is 1. The van der Waals surface area contributed by atoms with Gasteiger partial charge in [0.15, 0.2) is 5.82 Å². The van der Waals surface area contributed by atoms with Crippen molar-refractivity contribution in [2.45, 2.75) is 58.2 Å². The Kier molecular flexibility index (Phi) is 5.58. The van der Waals surface area contributed by atoms with E-state index in [1.165, 1.54) is 0 Å². The van der Waals surface area contributed by atoms with Gasteiger partial charge in [0.2, 0.25) is 0 Å². The standard InChI is InChI=1S/C23H30N6O2/c1-15-7-9-28(10-8-15)21(22-25-26-27-29(22)14-18-4-3-11-31-18)19-13-17-6-5-16(2)12-20(17)24-23(19)30/h5-6,12-13,15,18,21H,3-4,7-11,14H2,1-2H3,(H,24,30)/t18-,21+/m0/s1. The molecular formula is C23H30N6O2. The van der Waals surface area contributed by atoms with Gasteiger partial charge >= 0.3 is 0 Å². The van der Waals surface area contributed by atoms with E-state index in [2.05, 4.69) is 44.5 Å². The van der Waals surface area contributed by atoms with Crippen LogP contribution in [0.3, 0.4) is 0 Å². The molecule has 0 unspecified atom stereocenters. The number of aromatic nitrogens is 5. The fourth-order valence-corrected chi connectivity index (χ4v) is 4.84. The summed E-state index contributed by atoms with van der Waals surface area (Å²) >= 11 is 0. The van der Waals surface area contributed by atoms with Crippen molar-refractivity contribution in [1.29, 1.82) is 0 Å². The van der Waals surface area contributed by atoms with Gasteiger partial charge in [-0.15, -0.1) is 5.10 Å². The zero-order valence-corrected chi connectivity index (χ0v) is 18.3. The normalized spacial score (nSPS) is 21.7. The zero-order valence-electron chi connectivity index (χ0n) is 18.3. The van der Waals surface area contributed by atoms with Crippen molar-refractivity contribution < 1.29 is 4.74 Å². The quantitative estimate of drug-likeness (QED) is 0.680. The first kappa shape index (κ1) is 20.3. The van der Waals surface area contributed by atoms with Gasteiger partial charge in [0.25, 0.3) is 5.56 Å². The summed E-state index contributed by atoms with van der Waals surface area (Å²) in [4.78, 5) is 18.7. The number of nitrogens with one attached hydrogen (secondary N) is 1. The minimum absolute atomic E-state index is 0.0756. The highest BCUT2D eigenvalue weighted by Crippen LogP contribution is 2.31. The third-order valence-corrected chi connectivity index (χ3v) is 6.71. The molecule has 0 amide bonds. The number of benzene rings is 1. The predicted molar refractivity (Wildman–Crippen MR) is 118 cm³/mol. The van der Waals surface area contributed by atoms with Crippen LogP contribution >= 0.6 is 0 Å². The molecule has 8 heteroatoms. The van der Waals surface area contributed by atoms with Crippen LogP contribution in [0.15, 0.2) is 29.1 Å². The molecule has 2 aliphatic heterocycles. The maximum atomic E-state index is 13.3. The summed E-state index contributed by atoms with van der Waals surface area (Å²) in [5.41, 5.74) is 2.61. The molecule has 0 aliphatic carbocycles. The average molecular weight is 423 g/mol.